The number of nitrogens with zero attached hydrogens (tertiary/aromatic N) is 1. The van der Waals surface area contributed by atoms with Crippen molar-refractivity contribution in [3.05, 3.63) is 70.8 Å². The first-order valence-corrected chi connectivity index (χ1v) is 13.0. The Morgan fingerprint density at radius 1 is 0.857 bits per heavy atom. The second-order valence-corrected chi connectivity index (χ2v) is 9.91. The van der Waals surface area contributed by atoms with Crippen molar-refractivity contribution in [1.29, 1.82) is 0 Å². The van der Waals surface area contributed by atoms with Crippen molar-refractivity contribution in [2.24, 2.45) is 5.92 Å². The molecule has 2 aromatic carbocycles. The molecule has 1 aliphatic carbocycles. The maximum absolute atomic E-state index is 13.1. The van der Waals surface area contributed by atoms with Gasteiger partial charge in [-0.25, -0.2) is 0 Å². The normalized spacial score (nSPS) is 20.8. The Kier molecular flexibility index (Phi) is 8.21. The number of likely N-dealkylation sites (tertiary alicyclic amines) is 1. The minimum Gasteiger partial charge on any atom is -0.351 e. The minimum atomic E-state index is -0.101. The van der Waals surface area contributed by atoms with Gasteiger partial charge < -0.3 is 15.5 Å². The molecule has 0 spiro atoms. The topological polar surface area (TPSA) is 78.5 Å². The quantitative estimate of drug-likeness (QED) is 0.655. The van der Waals surface area contributed by atoms with Crippen LogP contribution in [0.5, 0.6) is 0 Å². The minimum absolute atomic E-state index is 0.0396. The third kappa shape index (κ3) is 6.11. The van der Waals surface area contributed by atoms with Gasteiger partial charge in [-0.05, 0) is 68.4 Å². The second kappa shape index (κ2) is 11.5. The first kappa shape index (κ1) is 25.0. The van der Waals surface area contributed by atoms with Crippen molar-refractivity contribution in [3.63, 3.8) is 0 Å². The molecular formula is C29H37N3O3. The Labute approximate surface area is 208 Å². The smallest absolute Gasteiger partial charge is 0.253 e. The molecule has 0 aromatic heterocycles. The molecule has 0 bridgehead atoms. The van der Waals surface area contributed by atoms with Gasteiger partial charge in [-0.15, -0.1) is 0 Å². The second-order valence-electron chi connectivity index (χ2n) is 9.91. The van der Waals surface area contributed by atoms with Gasteiger partial charge in [0.15, 0.2) is 0 Å². The lowest BCUT2D eigenvalue weighted by Crippen LogP contribution is -2.55. The molecule has 3 amide bonds. The average Bonchev–Trinajstić information content (AvgIpc) is 2.89. The van der Waals surface area contributed by atoms with Crippen LogP contribution in [0.4, 0.5) is 0 Å². The Bertz CT molecular complexity index is 1040. The van der Waals surface area contributed by atoms with Crippen molar-refractivity contribution in [2.45, 2.75) is 70.9 Å². The summed E-state index contributed by atoms with van der Waals surface area (Å²) in [5.74, 6) is -0.0894. The molecule has 1 aliphatic heterocycles. The number of aryl methyl sites for hydroxylation is 2. The van der Waals surface area contributed by atoms with Crippen molar-refractivity contribution >= 4 is 17.7 Å². The van der Waals surface area contributed by atoms with Crippen molar-refractivity contribution in [3.8, 4) is 0 Å². The van der Waals surface area contributed by atoms with Crippen molar-refractivity contribution in [2.75, 3.05) is 13.1 Å². The summed E-state index contributed by atoms with van der Waals surface area (Å²) in [4.78, 5) is 40.7. The largest absolute Gasteiger partial charge is 0.351 e. The summed E-state index contributed by atoms with van der Waals surface area (Å²) in [6, 6.07) is 15.3. The molecule has 186 valence electrons. The number of piperidine rings is 1. The van der Waals surface area contributed by atoms with E-state index >= 15 is 0 Å². The van der Waals surface area contributed by atoms with Crippen LogP contribution in [-0.2, 0) is 11.2 Å². The van der Waals surface area contributed by atoms with Gasteiger partial charge in [-0.2, -0.15) is 0 Å². The molecule has 35 heavy (non-hydrogen) atoms. The fourth-order valence-corrected chi connectivity index (χ4v) is 5.26. The van der Waals surface area contributed by atoms with Crippen LogP contribution in [0.1, 0.15) is 77.3 Å². The van der Waals surface area contributed by atoms with Crippen LogP contribution in [0.25, 0.3) is 0 Å². The van der Waals surface area contributed by atoms with Crippen molar-refractivity contribution < 1.29 is 14.4 Å². The number of benzene rings is 2. The van der Waals surface area contributed by atoms with Crippen LogP contribution in [-0.4, -0.2) is 47.8 Å². The summed E-state index contributed by atoms with van der Waals surface area (Å²) in [6.07, 6.45) is 6.11. The number of carbonyl (C=O) groups is 3. The van der Waals surface area contributed by atoms with Gasteiger partial charge >= 0.3 is 0 Å². The predicted molar refractivity (Wildman–Crippen MR) is 137 cm³/mol. The highest BCUT2D eigenvalue weighted by atomic mass is 16.2. The zero-order valence-corrected chi connectivity index (χ0v) is 20.9. The number of amides is 3. The third-order valence-electron chi connectivity index (χ3n) is 7.56. The summed E-state index contributed by atoms with van der Waals surface area (Å²) in [5.41, 5.74) is 3.56. The van der Waals surface area contributed by atoms with Gasteiger partial charge in [0.05, 0.1) is 0 Å². The van der Waals surface area contributed by atoms with E-state index in [9.17, 15) is 14.4 Å². The summed E-state index contributed by atoms with van der Waals surface area (Å²) in [7, 11) is 0. The lowest BCUT2D eigenvalue weighted by Gasteiger charge is -2.36. The Balaban J connectivity index is 1.30. The van der Waals surface area contributed by atoms with Crippen LogP contribution >= 0.6 is 0 Å². The van der Waals surface area contributed by atoms with E-state index in [1.807, 2.05) is 60.4 Å². The lowest BCUT2D eigenvalue weighted by molar-refractivity contribution is -0.127. The van der Waals surface area contributed by atoms with Crippen LogP contribution < -0.4 is 10.6 Å². The molecule has 2 fully saturated rings. The molecule has 0 radical (unpaired) electrons. The highest BCUT2D eigenvalue weighted by molar-refractivity contribution is 5.96. The number of hydrogen-bond donors (Lipinski definition) is 2. The third-order valence-corrected chi connectivity index (χ3v) is 7.56. The highest BCUT2D eigenvalue weighted by Gasteiger charge is 2.32. The molecule has 1 saturated heterocycles. The Morgan fingerprint density at radius 3 is 2.11 bits per heavy atom. The lowest BCUT2D eigenvalue weighted by atomic mass is 9.88. The number of rotatable bonds is 6. The SMILES string of the molecule is CCc1ccc(C(=O)N2CCC(C(=O)N[C@@H]3CCCC[C@H]3NC(=O)c3ccccc3C)CC2)cc1. The number of hydrogen-bond acceptors (Lipinski definition) is 3. The molecule has 2 N–H and O–H groups in total. The molecule has 4 rings (SSSR count). The zero-order valence-electron chi connectivity index (χ0n) is 20.9. The van der Waals surface area contributed by atoms with Crippen molar-refractivity contribution in [1.82, 2.24) is 15.5 Å². The van der Waals surface area contributed by atoms with E-state index in [-0.39, 0.29) is 35.7 Å². The standard InChI is InChI=1S/C29H37N3O3/c1-3-21-12-14-23(15-13-21)29(35)32-18-16-22(17-19-32)27(33)30-25-10-6-7-11-26(25)31-28(34)24-9-5-4-8-20(24)2/h4-5,8-9,12-15,22,25-26H,3,6-7,10-11,16-19H2,1-2H3,(H,30,33)(H,31,34)/t25-,26-/m1/s1. The van der Waals surface area contributed by atoms with Crippen LogP contribution in [0.15, 0.2) is 48.5 Å². The maximum atomic E-state index is 13.1. The maximum Gasteiger partial charge on any atom is 0.253 e. The van der Waals surface area contributed by atoms with E-state index in [4.69, 9.17) is 0 Å². The summed E-state index contributed by atoms with van der Waals surface area (Å²) < 4.78 is 0. The molecular weight excluding hydrogens is 438 g/mol. The van der Waals surface area contributed by atoms with Crippen LogP contribution in [0.2, 0.25) is 0 Å². The first-order chi connectivity index (χ1) is 17.0. The molecule has 6 nitrogen and oxygen atoms in total. The molecule has 1 heterocycles. The molecule has 0 unspecified atom stereocenters. The fourth-order valence-electron chi connectivity index (χ4n) is 5.26. The summed E-state index contributed by atoms with van der Waals surface area (Å²) in [6.45, 7) is 5.21. The van der Waals surface area contributed by atoms with E-state index in [0.717, 1.165) is 37.7 Å². The van der Waals surface area contributed by atoms with Gasteiger partial charge in [-0.1, -0.05) is 50.1 Å². The van der Waals surface area contributed by atoms with Gasteiger partial charge in [-0.3, -0.25) is 14.4 Å². The van der Waals surface area contributed by atoms with E-state index in [1.165, 1.54) is 5.56 Å². The van der Waals surface area contributed by atoms with E-state index in [1.54, 1.807) is 0 Å². The number of nitrogens with one attached hydrogen (secondary N) is 2. The van der Waals surface area contributed by atoms with Gasteiger partial charge in [0.2, 0.25) is 5.91 Å². The Morgan fingerprint density at radius 2 is 1.49 bits per heavy atom. The van der Waals surface area contributed by atoms with E-state index in [0.29, 0.717) is 37.1 Å². The molecule has 2 atom stereocenters. The van der Waals surface area contributed by atoms with Gasteiger partial charge in [0, 0.05) is 42.2 Å². The van der Waals surface area contributed by atoms with Crippen LogP contribution in [0, 0.1) is 12.8 Å². The molecule has 6 heteroatoms. The monoisotopic (exact) mass is 475 g/mol. The fraction of sp³-hybridized carbons (Fsp3) is 0.483. The average molecular weight is 476 g/mol. The highest BCUT2D eigenvalue weighted by Crippen LogP contribution is 2.23. The summed E-state index contributed by atoms with van der Waals surface area (Å²) >= 11 is 0. The first-order valence-electron chi connectivity index (χ1n) is 13.0. The molecule has 1 saturated carbocycles. The predicted octanol–water partition coefficient (Wildman–Crippen LogP) is 4.27. The summed E-state index contributed by atoms with van der Waals surface area (Å²) in [5, 5.41) is 6.42. The molecule has 2 aromatic rings. The molecule has 2 aliphatic rings. The van der Waals surface area contributed by atoms with E-state index < -0.39 is 0 Å². The number of carbonyl (C=O) groups excluding carboxylic acids is 3. The zero-order chi connectivity index (χ0) is 24.8. The van der Waals surface area contributed by atoms with Crippen LogP contribution in [0.3, 0.4) is 0 Å². The van der Waals surface area contributed by atoms with Gasteiger partial charge in [0.25, 0.3) is 11.8 Å². The van der Waals surface area contributed by atoms with Gasteiger partial charge in [0.1, 0.15) is 0 Å². The van der Waals surface area contributed by atoms with E-state index in [2.05, 4.69) is 17.6 Å². The Hall–Kier alpha value is -3.15.